The number of carbonyl (C=O) groups is 1. The molecule has 4 nitrogen and oxygen atoms in total. The van der Waals surface area contributed by atoms with Gasteiger partial charge in [0.2, 0.25) is 0 Å². The highest BCUT2D eigenvalue weighted by atomic mass is 16.5. The Labute approximate surface area is 129 Å². The smallest absolute Gasteiger partial charge is 0.255 e. The number of benzene rings is 2. The molecule has 1 amide bonds. The number of aromatic hydroxyl groups is 1. The lowest BCUT2D eigenvalue weighted by atomic mass is 9.93. The minimum absolute atomic E-state index is 0.00624. The summed E-state index contributed by atoms with van der Waals surface area (Å²) in [5, 5.41) is 14.8. The molecule has 0 aliphatic carbocycles. The summed E-state index contributed by atoms with van der Waals surface area (Å²) >= 11 is 0. The van der Waals surface area contributed by atoms with Gasteiger partial charge in [0, 0.05) is 22.9 Å². The molecule has 2 aromatic carbocycles. The Bertz CT molecular complexity index is 791. The van der Waals surface area contributed by atoms with Crippen LogP contribution in [0.5, 0.6) is 11.5 Å². The van der Waals surface area contributed by atoms with E-state index in [-0.39, 0.29) is 17.2 Å². The van der Waals surface area contributed by atoms with Gasteiger partial charge in [-0.1, -0.05) is 30.3 Å². The van der Waals surface area contributed by atoms with Gasteiger partial charge in [0.05, 0.1) is 5.56 Å². The van der Waals surface area contributed by atoms with Crippen LogP contribution in [0, 0.1) is 0 Å². The normalized spacial score (nSPS) is 15.2. The predicted octanol–water partition coefficient (Wildman–Crippen LogP) is 3.48. The van der Waals surface area contributed by atoms with E-state index in [0.717, 1.165) is 5.39 Å². The zero-order chi connectivity index (χ0) is 15.9. The van der Waals surface area contributed by atoms with Crippen molar-refractivity contribution >= 4 is 22.8 Å². The molecule has 1 aliphatic rings. The molecule has 0 fully saturated rings. The van der Waals surface area contributed by atoms with Gasteiger partial charge in [-0.25, -0.2) is 0 Å². The third kappa shape index (κ3) is 2.21. The van der Waals surface area contributed by atoms with Crippen LogP contribution in [0.25, 0.3) is 16.8 Å². The Hall–Kier alpha value is -2.49. The zero-order valence-corrected chi connectivity index (χ0v) is 12.9. The van der Waals surface area contributed by atoms with Crippen molar-refractivity contribution in [2.75, 3.05) is 6.54 Å². The van der Waals surface area contributed by atoms with Crippen LogP contribution in [-0.2, 0) is 0 Å². The molecule has 0 atom stereocenters. The highest BCUT2D eigenvalue weighted by molar-refractivity contribution is 6.10. The van der Waals surface area contributed by atoms with E-state index < -0.39 is 5.60 Å². The summed E-state index contributed by atoms with van der Waals surface area (Å²) in [7, 11) is 0. The molecule has 1 aliphatic heterocycles. The first kappa shape index (κ1) is 14.4. The van der Waals surface area contributed by atoms with Crippen molar-refractivity contribution in [3.8, 4) is 11.5 Å². The van der Waals surface area contributed by atoms with Gasteiger partial charge in [0.1, 0.15) is 17.1 Å². The molecule has 2 N–H and O–H groups in total. The molecule has 22 heavy (non-hydrogen) atoms. The summed E-state index contributed by atoms with van der Waals surface area (Å²) in [5.41, 5.74) is 0.439. The van der Waals surface area contributed by atoms with Crippen LogP contribution in [0.15, 0.2) is 30.3 Å². The van der Waals surface area contributed by atoms with Crippen molar-refractivity contribution in [2.24, 2.45) is 0 Å². The van der Waals surface area contributed by atoms with Crippen molar-refractivity contribution in [3.05, 3.63) is 41.5 Å². The van der Waals surface area contributed by atoms with Crippen LogP contribution in [0.1, 0.15) is 36.7 Å². The van der Waals surface area contributed by atoms with Gasteiger partial charge in [0.25, 0.3) is 5.91 Å². The number of amides is 1. The van der Waals surface area contributed by atoms with E-state index >= 15 is 0 Å². The number of rotatable bonds is 2. The van der Waals surface area contributed by atoms with E-state index in [2.05, 4.69) is 5.32 Å². The van der Waals surface area contributed by atoms with Crippen LogP contribution in [0.3, 0.4) is 0 Å². The van der Waals surface area contributed by atoms with E-state index in [9.17, 15) is 9.90 Å². The number of phenols is 1. The summed E-state index contributed by atoms with van der Waals surface area (Å²) in [6, 6.07) is 7.41. The molecule has 0 unspecified atom stereocenters. The third-order valence-electron chi connectivity index (χ3n) is 3.76. The first-order chi connectivity index (χ1) is 10.4. The zero-order valence-electron chi connectivity index (χ0n) is 12.9. The van der Waals surface area contributed by atoms with E-state index in [0.29, 0.717) is 23.2 Å². The van der Waals surface area contributed by atoms with Gasteiger partial charge in [-0.05, 0) is 26.8 Å². The standard InChI is InChI=1S/C18H19NO3/c1-4-19-17(21)14-13-9-10-18(2,3)22-16(13)12-8-6-5-7-11(12)15(14)20/h5-10,20H,4H2,1-3H3,(H,19,21). The van der Waals surface area contributed by atoms with Gasteiger partial charge in [-0.3, -0.25) is 4.79 Å². The number of fused-ring (bicyclic) bond motifs is 3. The number of phenolic OH excluding ortho intramolecular Hbond substituents is 1. The van der Waals surface area contributed by atoms with Gasteiger partial charge >= 0.3 is 0 Å². The summed E-state index contributed by atoms with van der Waals surface area (Å²) in [6.07, 6.45) is 3.75. The van der Waals surface area contributed by atoms with E-state index in [1.54, 1.807) is 6.07 Å². The number of nitrogens with one attached hydrogen (secondary N) is 1. The van der Waals surface area contributed by atoms with Crippen molar-refractivity contribution in [1.29, 1.82) is 0 Å². The molecule has 0 bridgehead atoms. The number of hydrogen-bond donors (Lipinski definition) is 2. The fourth-order valence-electron chi connectivity index (χ4n) is 2.74. The van der Waals surface area contributed by atoms with Crippen molar-refractivity contribution in [1.82, 2.24) is 5.32 Å². The summed E-state index contributed by atoms with van der Waals surface area (Å²) < 4.78 is 6.08. The SMILES string of the molecule is CCNC(=O)c1c2c(c3ccccc3c1O)OC(C)(C)C=C2. The van der Waals surface area contributed by atoms with Crippen LogP contribution >= 0.6 is 0 Å². The summed E-state index contributed by atoms with van der Waals surface area (Å²) in [5.74, 6) is 0.338. The van der Waals surface area contributed by atoms with Crippen LogP contribution < -0.4 is 10.1 Å². The minimum atomic E-state index is -0.453. The van der Waals surface area contributed by atoms with E-state index in [1.165, 1.54) is 0 Å². The number of hydrogen-bond acceptors (Lipinski definition) is 3. The fraction of sp³-hybridized carbons (Fsp3) is 0.278. The maximum atomic E-state index is 12.4. The number of carbonyl (C=O) groups excluding carboxylic acids is 1. The Morgan fingerprint density at radius 2 is 1.95 bits per heavy atom. The van der Waals surface area contributed by atoms with Gasteiger partial charge in [-0.15, -0.1) is 0 Å². The lowest BCUT2D eigenvalue weighted by Gasteiger charge is -2.30. The second-order valence-corrected chi connectivity index (χ2v) is 5.91. The maximum absolute atomic E-state index is 12.4. The summed E-state index contributed by atoms with van der Waals surface area (Å²) in [4.78, 5) is 12.4. The molecule has 2 aromatic rings. The van der Waals surface area contributed by atoms with Gasteiger partial charge in [0.15, 0.2) is 0 Å². The largest absolute Gasteiger partial charge is 0.506 e. The molecular formula is C18H19NO3. The highest BCUT2D eigenvalue weighted by Gasteiger charge is 2.29. The molecule has 3 rings (SSSR count). The quantitative estimate of drug-likeness (QED) is 0.892. The van der Waals surface area contributed by atoms with Gasteiger partial charge < -0.3 is 15.2 Å². The summed E-state index contributed by atoms with van der Waals surface area (Å²) in [6.45, 7) is 6.26. The molecule has 0 radical (unpaired) electrons. The fourth-order valence-corrected chi connectivity index (χ4v) is 2.74. The molecule has 0 aromatic heterocycles. The lowest BCUT2D eigenvalue weighted by Crippen LogP contribution is -2.30. The molecule has 0 saturated heterocycles. The first-order valence-electron chi connectivity index (χ1n) is 7.38. The third-order valence-corrected chi connectivity index (χ3v) is 3.76. The van der Waals surface area contributed by atoms with Crippen molar-refractivity contribution in [2.45, 2.75) is 26.4 Å². The Balaban J connectivity index is 2.37. The van der Waals surface area contributed by atoms with E-state index in [4.69, 9.17) is 4.74 Å². The molecule has 1 heterocycles. The molecule has 0 saturated carbocycles. The Morgan fingerprint density at radius 3 is 2.64 bits per heavy atom. The van der Waals surface area contributed by atoms with E-state index in [1.807, 2.05) is 51.1 Å². The predicted molar refractivity (Wildman–Crippen MR) is 87.4 cm³/mol. The molecule has 4 heteroatoms. The molecule has 114 valence electrons. The van der Waals surface area contributed by atoms with Crippen molar-refractivity contribution < 1.29 is 14.6 Å². The van der Waals surface area contributed by atoms with Crippen LogP contribution in [0.4, 0.5) is 0 Å². The first-order valence-corrected chi connectivity index (χ1v) is 7.38. The number of ether oxygens (including phenoxy) is 1. The maximum Gasteiger partial charge on any atom is 0.255 e. The highest BCUT2D eigenvalue weighted by Crippen LogP contribution is 2.44. The van der Waals surface area contributed by atoms with Crippen molar-refractivity contribution in [3.63, 3.8) is 0 Å². The Morgan fingerprint density at radius 1 is 1.27 bits per heavy atom. The van der Waals surface area contributed by atoms with Crippen LogP contribution in [-0.4, -0.2) is 23.2 Å². The van der Waals surface area contributed by atoms with Crippen LogP contribution in [0.2, 0.25) is 0 Å². The monoisotopic (exact) mass is 297 g/mol. The molecular weight excluding hydrogens is 278 g/mol. The second kappa shape index (κ2) is 5.05. The average Bonchev–Trinajstić information content (AvgIpc) is 2.48. The molecule has 0 spiro atoms. The second-order valence-electron chi connectivity index (χ2n) is 5.91. The lowest BCUT2D eigenvalue weighted by molar-refractivity contribution is 0.0951. The average molecular weight is 297 g/mol. The van der Waals surface area contributed by atoms with Gasteiger partial charge in [-0.2, -0.15) is 0 Å². The Kier molecular flexibility index (Phi) is 3.32. The minimum Gasteiger partial charge on any atom is -0.506 e. The topological polar surface area (TPSA) is 58.6 Å².